The molecular weight excluding hydrogens is 481 g/mol. The molecule has 0 saturated carbocycles. The maximum Gasteiger partial charge on any atom is 0.243 e. The molecule has 1 fully saturated rings. The molecular formula is C25H32FN7O2S. The summed E-state index contributed by atoms with van der Waals surface area (Å²) in [7, 11) is -1.63. The molecule has 1 saturated heterocycles. The molecule has 0 radical (unpaired) electrons. The number of anilines is 4. The Bertz CT molecular complexity index is 1280. The van der Waals surface area contributed by atoms with Crippen LogP contribution < -0.4 is 16.4 Å². The van der Waals surface area contributed by atoms with Crippen molar-refractivity contribution in [2.24, 2.45) is 5.73 Å². The van der Waals surface area contributed by atoms with E-state index in [0.717, 1.165) is 25.9 Å². The molecule has 11 heteroatoms. The summed E-state index contributed by atoms with van der Waals surface area (Å²) in [5, 5.41) is 6.23. The van der Waals surface area contributed by atoms with E-state index in [4.69, 9.17) is 5.73 Å². The SMILES string of the molecule is Cc1cc(Nc2ccnc(Nc3ccc(S(=O)(=O)N(CCN)C4CCN(C)CC4)cc3)n2)ccc1F. The van der Waals surface area contributed by atoms with Gasteiger partial charge in [0.05, 0.1) is 4.90 Å². The fourth-order valence-corrected chi connectivity index (χ4v) is 5.94. The minimum absolute atomic E-state index is 0.0545. The van der Waals surface area contributed by atoms with Crippen LogP contribution in [0.3, 0.4) is 0 Å². The molecule has 192 valence electrons. The van der Waals surface area contributed by atoms with E-state index in [1.807, 2.05) is 7.05 Å². The van der Waals surface area contributed by atoms with Gasteiger partial charge in [-0.15, -0.1) is 0 Å². The molecule has 0 amide bonds. The first-order valence-corrected chi connectivity index (χ1v) is 13.3. The van der Waals surface area contributed by atoms with Gasteiger partial charge in [0.15, 0.2) is 0 Å². The molecule has 0 atom stereocenters. The molecule has 1 aromatic heterocycles. The van der Waals surface area contributed by atoms with Crippen molar-refractivity contribution in [2.45, 2.75) is 30.7 Å². The van der Waals surface area contributed by atoms with Crippen molar-refractivity contribution in [3.8, 4) is 0 Å². The summed E-state index contributed by atoms with van der Waals surface area (Å²) in [5.41, 5.74) is 7.65. The molecule has 0 aliphatic carbocycles. The third-order valence-corrected chi connectivity index (χ3v) is 8.21. The summed E-state index contributed by atoms with van der Waals surface area (Å²) in [5.74, 6) is 0.604. The van der Waals surface area contributed by atoms with Crippen LogP contribution in [-0.4, -0.2) is 66.9 Å². The van der Waals surface area contributed by atoms with E-state index >= 15 is 0 Å². The van der Waals surface area contributed by atoms with E-state index in [9.17, 15) is 12.8 Å². The lowest BCUT2D eigenvalue weighted by Crippen LogP contribution is -2.48. The molecule has 0 spiro atoms. The fourth-order valence-electron chi connectivity index (χ4n) is 4.24. The Balaban J connectivity index is 1.46. The lowest BCUT2D eigenvalue weighted by atomic mass is 10.1. The highest BCUT2D eigenvalue weighted by molar-refractivity contribution is 7.89. The number of halogens is 1. The van der Waals surface area contributed by atoms with E-state index in [1.165, 1.54) is 6.07 Å². The van der Waals surface area contributed by atoms with Crippen LogP contribution >= 0.6 is 0 Å². The number of nitrogens with two attached hydrogens (primary N) is 1. The van der Waals surface area contributed by atoms with Crippen molar-refractivity contribution < 1.29 is 12.8 Å². The van der Waals surface area contributed by atoms with Gasteiger partial charge >= 0.3 is 0 Å². The third kappa shape index (κ3) is 6.16. The van der Waals surface area contributed by atoms with Gasteiger partial charge in [-0.05, 0) is 94.0 Å². The van der Waals surface area contributed by atoms with Crippen LogP contribution in [0.2, 0.25) is 0 Å². The highest BCUT2D eigenvalue weighted by atomic mass is 32.2. The van der Waals surface area contributed by atoms with Crippen LogP contribution in [0.5, 0.6) is 0 Å². The first-order chi connectivity index (χ1) is 17.3. The van der Waals surface area contributed by atoms with E-state index < -0.39 is 10.0 Å². The summed E-state index contributed by atoms with van der Waals surface area (Å²) in [6.07, 6.45) is 3.17. The van der Waals surface area contributed by atoms with Gasteiger partial charge in [-0.2, -0.15) is 9.29 Å². The summed E-state index contributed by atoms with van der Waals surface area (Å²) in [6.45, 7) is 3.97. The summed E-state index contributed by atoms with van der Waals surface area (Å²) < 4.78 is 41.9. The summed E-state index contributed by atoms with van der Waals surface area (Å²) in [4.78, 5) is 11.1. The molecule has 1 aliphatic heterocycles. The van der Waals surface area contributed by atoms with Gasteiger partial charge in [0.2, 0.25) is 16.0 Å². The Morgan fingerprint density at radius 1 is 1.08 bits per heavy atom. The topological polar surface area (TPSA) is 116 Å². The lowest BCUT2D eigenvalue weighted by Gasteiger charge is -2.36. The Morgan fingerprint density at radius 2 is 1.78 bits per heavy atom. The molecule has 36 heavy (non-hydrogen) atoms. The van der Waals surface area contributed by atoms with Crippen LogP contribution in [0.4, 0.5) is 27.5 Å². The van der Waals surface area contributed by atoms with Crippen molar-refractivity contribution in [1.29, 1.82) is 0 Å². The first-order valence-electron chi connectivity index (χ1n) is 11.9. The zero-order valence-corrected chi connectivity index (χ0v) is 21.3. The molecule has 3 aromatic rings. The maximum absolute atomic E-state index is 13.5. The van der Waals surface area contributed by atoms with Crippen molar-refractivity contribution in [3.63, 3.8) is 0 Å². The average Bonchev–Trinajstić information content (AvgIpc) is 2.86. The molecule has 0 bridgehead atoms. The second-order valence-corrected chi connectivity index (χ2v) is 10.8. The molecule has 2 heterocycles. The van der Waals surface area contributed by atoms with E-state index in [1.54, 1.807) is 59.9 Å². The molecule has 0 unspecified atom stereocenters. The largest absolute Gasteiger partial charge is 0.340 e. The number of aromatic nitrogens is 2. The zero-order valence-electron chi connectivity index (χ0n) is 20.5. The number of likely N-dealkylation sites (tertiary alicyclic amines) is 1. The van der Waals surface area contributed by atoms with Crippen LogP contribution in [0.25, 0.3) is 0 Å². The number of nitrogens with zero attached hydrogens (tertiary/aromatic N) is 4. The number of nitrogens with one attached hydrogen (secondary N) is 2. The Morgan fingerprint density at radius 3 is 2.44 bits per heavy atom. The summed E-state index contributed by atoms with van der Waals surface area (Å²) in [6, 6.07) is 12.9. The van der Waals surface area contributed by atoms with Crippen LogP contribution in [-0.2, 0) is 10.0 Å². The number of benzene rings is 2. The Hall–Kier alpha value is -3.12. The second-order valence-electron chi connectivity index (χ2n) is 8.94. The Kier molecular flexibility index (Phi) is 8.14. The van der Waals surface area contributed by atoms with Gasteiger partial charge in [0.25, 0.3) is 0 Å². The smallest absolute Gasteiger partial charge is 0.243 e. The summed E-state index contributed by atoms with van der Waals surface area (Å²) >= 11 is 0. The minimum atomic E-state index is -3.68. The number of sulfonamides is 1. The van der Waals surface area contributed by atoms with Gasteiger partial charge < -0.3 is 21.3 Å². The number of hydrogen-bond acceptors (Lipinski definition) is 8. The predicted octanol–water partition coefficient (Wildman–Crippen LogP) is 3.45. The predicted molar refractivity (Wildman–Crippen MR) is 140 cm³/mol. The highest BCUT2D eigenvalue weighted by Gasteiger charge is 2.32. The van der Waals surface area contributed by atoms with Crippen molar-refractivity contribution in [2.75, 3.05) is 43.9 Å². The van der Waals surface area contributed by atoms with Crippen LogP contribution in [0.15, 0.2) is 59.6 Å². The number of rotatable bonds is 9. The lowest BCUT2D eigenvalue weighted by molar-refractivity contribution is 0.184. The normalized spacial score (nSPS) is 15.2. The van der Waals surface area contributed by atoms with Gasteiger partial charge in [-0.1, -0.05) is 0 Å². The van der Waals surface area contributed by atoms with Gasteiger partial charge in [0.1, 0.15) is 11.6 Å². The van der Waals surface area contributed by atoms with Crippen molar-refractivity contribution in [1.82, 2.24) is 19.2 Å². The van der Waals surface area contributed by atoms with Crippen LogP contribution in [0.1, 0.15) is 18.4 Å². The van der Waals surface area contributed by atoms with Gasteiger partial charge in [-0.3, -0.25) is 0 Å². The molecule has 1 aliphatic rings. The maximum atomic E-state index is 13.5. The van der Waals surface area contributed by atoms with E-state index in [0.29, 0.717) is 28.7 Å². The Labute approximate surface area is 211 Å². The number of hydrogen-bond donors (Lipinski definition) is 3. The van der Waals surface area contributed by atoms with E-state index in [2.05, 4.69) is 25.5 Å². The fraction of sp³-hybridized carbons (Fsp3) is 0.360. The number of piperidine rings is 1. The van der Waals surface area contributed by atoms with E-state index in [-0.39, 0.29) is 29.8 Å². The quantitative estimate of drug-likeness (QED) is 0.398. The second kappa shape index (κ2) is 11.3. The zero-order chi connectivity index (χ0) is 25.7. The highest BCUT2D eigenvalue weighted by Crippen LogP contribution is 2.26. The monoisotopic (exact) mass is 513 g/mol. The average molecular weight is 514 g/mol. The van der Waals surface area contributed by atoms with Crippen molar-refractivity contribution >= 4 is 33.2 Å². The molecule has 2 aromatic carbocycles. The standard InChI is InChI=1S/C25H32FN7O2S/c1-18-17-20(5-8-23(18)26)29-24-9-13-28-25(31-24)30-19-3-6-22(7-4-19)36(34,35)33(16-12-27)21-10-14-32(2)15-11-21/h3-9,13,17,21H,10-12,14-16,27H2,1-2H3,(H2,28,29,30,31). The molecule has 9 nitrogen and oxygen atoms in total. The molecule has 4 rings (SSSR count). The van der Waals surface area contributed by atoms with Crippen LogP contribution in [0, 0.1) is 12.7 Å². The molecule has 4 N–H and O–H groups in total. The van der Waals surface area contributed by atoms with Gasteiger partial charge in [0, 0.05) is 36.7 Å². The number of aryl methyl sites for hydroxylation is 1. The first kappa shape index (κ1) is 26.0. The van der Waals surface area contributed by atoms with Crippen molar-refractivity contribution in [3.05, 3.63) is 66.1 Å². The third-order valence-electron chi connectivity index (χ3n) is 6.25. The van der Waals surface area contributed by atoms with Gasteiger partial charge in [-0.25, -0.2) is 17.8 Å². The minimum Gasteiger partial charge on any atom is -0.340 e.